The van der Waals surface area contributed by atoms with Crippen LogP contribution in [-0.2, 0) is 17.8 Å². The second-order valence-electron chi connectivity index (χ2n) is 5.29. The Morgan fingerprint density at radius 1 is 1.44 bits per heavy atom. The summed E-state index contributed by atoms with van der Waals surface area (Å²) >= 11 is 0. The molecule has 0 aliphatic carbocycles. The van der Waals surface area contributed by atoms with Crippen molar-refractivity contribution in [2.24, 2.45) is 0 Å². The van der Waals surface area contributed by atoms with E-state index >= 15 is 0 Å². The van der Waals surface area contributed by atoms with Crippen LogP contribution in [0.2, 0.25) is 0 Å². The summed E-state index contributed by atoms with van der Waals surface area (Å²) in [6, 6.07) is 8.87. The first-order chi connectivity index (χ1) is 8.65. The molecule has 1 aromatic carbocycles. The van der Waals surface area contributed by atoms with Crippen LogP contribution in [0.15, 0.2) is 24.3 Å². The summed E-state index contributed by atoms with van der Waals surface area (Å²) in [6.45, 7) is 5.27. The van der Waals surface area contributed by atoms with Gasteiger partial charge in [-0.25, -0.2) is 0 Å². The first-order valence-corrected chi connectivity index (χ1v) is 6.47. The number of benzene rings is 1. The van der Waals surface area contributed by atoms with Crippen molar-refractivity contribution < 1.29 is 4.79 Å². The summed E-state index contributed by atoms with van der Waals surface area (Å²) in [4.78, 5) is 17.0. The van der Waals surface area contributed by atoms with Gasteiger partial charge in [-0.3, -0.25) is 9.69 Å². The summed E-state index contributed by atoms with van der Waals surface area (Å²) in [7, 11) is 0. The van der Waals surface area contributed by atoms with Crippen LogP contribution < -0.4 is 0 Å². The van der Waals surface area contributed by atoms with Crippen LogP contribution in [0.5, 0.6) is 0 Å². The van der Waals surface area contributed by atoms with Crippen molar-refractivity contribution in [1.29, 1.82) is 0 Å². The van der Waals surface area contributed by atoms with E-state index in [0.29, 0.717) is 12.6 Å². The third-order valence-corrected chi connectivity index (χ3v) is 3.81. The minimum atomic E-state index is 0.237. The van der Waals surface area contributed by atoms with Gasteiger partial charge in [0, 0.05) is 29.2 Å². The summed E-state index contributed by atoms with van der Waals surface area (Å²) in [5.74, 6) is 0.237. The molecule has 2 heterocycles. The Kier molecular flexibility index (Phi) is 2.71. The number of H-pyrrole nitrogens is 1. The lowest BCUT2D eigenvalue weighted by Gasteiger charge is -2.32. The van der Waals surface area contributed by atoms with Crippen molar-refractivity contribution in [2.45, 2.75) is 32.9 Å². The van der Waals surface area contributed by atoms with Crippen LogP contribution in [0.1, 0.15) is 25.1 Å². The van der Waals surface area contributed by atoms with Gasteiger partial charge in [0.1, 0.15) is 5.78 Å². The molecule has 2 aromatic rings. The van der Waals surface area contributed by atoms with Gasteiger partial charge in [-0.05, 0) is 31.9 Å². The van der Waals surface area contributed by atoms with E-state index in [-0.39, 0.29) is 5.78 Å². The van der Waals surface area contributed by atoms with Crippen LogP contribution in [0.25, 0.3) is 10.9 Å². The van der Waals surface area contributed by atoms with E-state index < -0.39 is 0 Å². The second-order valence-corrected chi connectivity index (χ2v) is 5.29. The first kappa shape index (κ1) is 11.5. The highest BCUT2D eigenvalue weighted by molar-refractivity contribution is 5.85. The van der Waals surface area contributed by atoms with E-state index in [1.54, 1.807) is 6.92 Å². The maximum atomic E-state index is 11.3. The lowest BCUT2D eigenvalue weighted by atomic mass is 9.97. The van der Waals surface area contributed by atoms with Gasteiger partial charge in [0.05, 0.1) is 6.54 Å². The smallest absolute Gasteiger partial charge is 0.143 e. The lowest BCUT2D eigenvalue weighted by Crippen LogP contribution is -2.40. The number of carbonyl (C=O) groups is 1. The number of para-hydroxylation sites is 1. The van der Waals surface area contributed by atoms with Gasteiger partial charge < -0.3 is 4.98 Å². The van der Waals surface area contributed by atoms with Crippen molar-refractivity contribution in [1.82, 2.24) is 9.88 Å². The molecule has 3 nitrogen and oxygen atoms in total. The SMILES string of the molecule is CC(=O)CN1Cc2[nH]c3ccccc3c2C[C@H]1C. The van der Waals surface area contributed by atoms with Crippen molar-refractivity contribution in [3.05, 3.63) is 35.5 Å². The molecule has 0 unspecified atom stereocenters. The topological polar surface area (TPSA) is 36.1 Å². The number of rotatable bonds is 2. The molecule has 1 aliphatic rings. The molecule has 1 N–H and O–H groups in total. The van der Waals surface area contributed by atoms with Crippen LogP contribution in [0.4, 0.5) is 0 Å². The zero-order valence-corrected chi connectivity index (χ0v) is 10.9. The number of Topliss-reactive ketones (excluding diaryl/α,β-unsaturated/α-hetero) is 1. The molecule has 1 aliphatic heterocycles. The van der Waals surface area contributed by atoms with Gasteiger partial charge >= 0.3 is 0 Å². The first-order valence-electron chi connectivity index (χ1n) is 6.47. The van der Waals surface area contributed by atoms with Crippen molar-refractivity contribution in [3.63, 3.8) is 0 Å². The van der Waals surface area contributed by atoms with Crippen LogP contribution in [0, 0.1) is 0 Å². The third kappa shape index (κ3) is 1.85. The highest BCUT2D eigenvalue weighted by Crippen LogP contribution is 2.29. The molecular weight excluding hydrogens is 224 g/mol. The van der Waals surface area contributed by atoms with Crippen molar-refractivity contribution in [3.8, 4) is 0 Å². The molecule has 94 valence electrons. The fraction of sp³-hybridized carbons (Fsp3) is 0.400. The molecule has 18 heavy (non-hydrogen) atoms. The standard InChI is InChI=1S/C15H18N2O/c1-10-7-13-12-5-3-4-6-14(12)16-15(13)9-17(10)8-11(2)18/h3-6,10,16H,7-9H2,1-2H3/t10-/m1/s1. The molecule has 0 fully saturated rings. The van der Waals surface area contributed by atoms with E-state index in [4.69, 9.17) is 0 Å². The Morgan fingerprint density at radius 3 is 3.00 bits per heavy atom. The fourth-order valence-electron chi connectivity index (χ4n) is 2.91. The number of ketones is 1. The van der Waals surface area contributed by atoms with E-state index in [0.717, 1.165) is 13.0 Å². The van der Waals surface area contributed by atoms with Crippen LogP contribution in [0.3, 0.4) is 0 Å². The van der Waals surface area contributed by atoms with Gasteiger partial charge in [-0.2, -0.15) is 0 Å². The average molecular weight is 242 g/mol. The van der Waals surface area contributed by atoms with Gasteiger partial charge in [0.15, 0.2) is 0 Å². The second kappa shape index (κ2) is 4.25. The lowest BCUT2D eigenvalue weighted by molar-refractivity contribution is -0.118. The zero-order valence-electron chi connectivity index (χ0n) is 10.9. The number of hydrogen-bond acceptors (Lipinski definition) is 2. The van der Waals surface area contributed by atoms with Crippen molar-refractivity contribution in [2.75, 3.05) is 6.54 Å². The molecule has 1 atom stereocenters. The number of hydrogen-bond donors (Lipinski definition) is 1. The van der Waals surface area contributed by atoms with Crippen LogP contribution in [-0.4, -0.2) is 28.3 Å². The molecule has 3 heteroatoms. The summed E-state index contributed by atoms with van der Waals surface area (Å²) in [6.07, 6.45) is 1.02. The normalized spacial score (nSPS) is 20.0. The Hall–Kier alpha value is -1.61. The predicted octanol–water partition coefficient (Wildman–Crippen LogP) is 2.50. The number of nitrogens with one attached hydrogen (secondary N) is 1. The largest absolute Gasteiger partial charge is 0.357 e. The predicted molar refractivity (Wildman–Crippen MR) is 72.6 cm³/mol. The minimum Gasteiger partial charge on any atom is -0.357 e. The molecule has 0 bridgehead atoms. The van der Waals surface area contributed by atoms with Gasteiger partial charge in [-0.1, -0.05) is 18.2 Å². The zero-order chi connectivity index (χ0) is 12.7. The van der Waals surface area contributed by atoms with Gasteiger partial charge in [-0.15, -0.1) is 0 Å². The summed E-state index contributed by atoms with van der Waals surface area (Å²) < 4.78 is 0. The van der Waals surface area contributed by atoms with E-state index in [2.05, 4.69) is 41.1 Å². The maximum Gasteiger partial charge on any atom is 0.143 e. The number of nitrogens with zero attached hydrogens (tertiary/aromatic N) is 1. The Labute approximate surface area is 107 Å². The Balaban J connectivity index is 1.99. The molecule has 0 saturated carbocycles. The Bertz CT molecular complexity index is 600. The van der Waals surface area contributed by atoms with Gasteiger partial charge in [0.25, 0.3) is 0 Å². The number of carbonyl (C=O) groups excluding carboxylic acids is 1. The van der Waals surface area contributed by atoms with E-state index in [9.17, 15) is 4.79 Å². The highest BCUT2D eigenvalue weighted by Gasteiger charge is 2.26. The quantitative estimate of drug-likeness (QED) is 0.878. The molecular formula is C15H18N2O. The van der Waals surface area contributed by atoms with E-state index in [1.807, 2.05) is 0 Å². The summed E-state index contributed by atoms with van der Waals surface area (Å²) in [5.41, 5.74) is 3.91. The number of aromatic nitrogens is 1. The maximum absolute atomic E-state index is 11.3. The highest BCUT2D eigenvalue weighted by atomic mass is 16.1. The molecule has 0 spiro atoms. The monoisotopic (exact) mass is 242 g/mol. The van der Waals surface area contributed by atoms with Crippen molar-refractivity contribution >= 4 is 16.7 Å². The Morgan fingerprint density at radius 2 is 2.22 bits per heavy atom. The number of fused-ring (bicyclic) bond motifs is 3. The third-order valence-electron chi connectivity index (χ3n) is 3.81. The molecule has 0 radical (unpaired) electrons. The molecule has 1 aromatic heterocycles. The van der Waals surface area contributed by atoms with E-state index in [1.165, 1.54) is 22.2 Å². The fourth-order valence-corrected chi connectivity index (χ4v) is 2.91. The summed E-state index contributed by atoms with van der Waals surface area (Å²) in [5, 5.41) is 1.34. The average Bonchev–Trinajstić information content (AvgIpc) is 2.67. The molecule has 0 saturated heterocycles. The molecule has 0 amide bonds. The minimum absolute atomic E-state index is 0.237. The van der Waals surface area contributed by atoms with Crippen LogP contribution >= 0.6 is 0 Å². The molecule has 3 rings (SSSR count). The number of aromatic amines is 1. The van der Waals surface area contributed by atoms with Gasteiger partial charge in [0.2, 0.25) is 0 Å².